The fourth-order valence-electron chi connectivity index (χ4n) is 5.69. The number of nitrogens with zero attached hydrogens (tertiary/aromatic N) is 1. The van der Waals surface area contributed by atoms with Crippen molar-refractivity contribution in [3.63, 3.8) is 0 Å². The third-order valence-corrected chi connectivity index (χ3v) is 8.29. The molecule has 0 spiro atoms. The van der Waals surface area contributed by atoms with Crippen molar-refractivity contribution in [2.75, 3.05) is 7.11 Å². The lowest BCUT2D eigenvalue weighted by atomic mass is 9.81. The molecule has 4 rings (SSSR count). The van der Waals surface area contributed by atoms with Crippen molar-refractivity contribution in [2.24, 2.45) is 0 Å². The molecule has 0 radical (unpaired) electrons. The molecule has 0 N–H and O–H groups in total. The van der Waals surface area contributed by atoms with E-state index in [0.29, 0.717) is 0 Å². The van der Waals surface area contributed by atoms with Crippen molar-refractivity contribution in [1.82, 2.24) is 4.90 Å². The number of rotatable bonds is 8. The van der Waals surface area contributed by atoms with Crippen LogP contribution < -0.4 is 0 Å². The first-order chi connectivity index (χ1) is 17.6. The van der Waals surface area contributed by atoms with E-state index in [1.807, 2.05) is 33.8 Å². The molecule has 0 saturated heterocycles. The fraction of sp³-hybridized carbons (Fsp3) is 0.471. The van der Waals surface area contributed by atoms with Gasteiger partial charge in [-0.1, -0.05) is 89.2 Å². The molecule has 1 heterocycles. The van der Waals surface area contributed by atoms with Crippen molar-refractivity contribution in [3.05, 3.63) is 95.4 Å². The Morgan fingerprint density at radius 2 is 1.73 bits per heavy atom. The van der Waals surface area contributed by atoms with Crippen LogP contribution in [0.4, 0.5) is 0 Å². The molecule has 3 nitrogen and oxygen atoms in total. The first kappa shape index (κ1) is 28.8. The Morgan fingerprint density at radius 3 is 2.41 bits per heavy atom. The number of benzene rings is 2. The van der Waals surface area contributed by atoms with Crippen LogP contribution in [-0.2, 0) is 14.9 Å². The van der Waals surface area contributed by atoms with Gasteiger partial charge in [-0.25, -0.2) is 0 Å². The Morgan fingerprint density at radius 1 is 1.05 bits per heavy atom. The third kappa shape index (κ3) is 5.43. The number of ether oxygens (including phenoxy) is 2. The minimum Gasteiger partial charge on any atom is -0.493 e. The van der Waals surface area contributed by atoms with Crippen molar-refractivity contribution in [3.8, 4) is 11.1 Å². The molecule has 37 heavy (non-hydrogen) atoms. The van der Waals surface area contributed by atoms with Gasteiger partial charge in [-0.3, -0.25) is 0 Å². The molecule has 4 unspecified atom stereocenters. The van der Waals surface area contributed by atoms with Crippen LogP contribution in [0.1, 0.15) is 91.5 Å². The first-order valence-corrected chi connectivity index (χ1v) is 13.9. The predicted octanol–water partition coefficient (Wildman–Crippen LogP) is 8.96. The maximum atomic E-state index is 6.45. The lowest BCUT2D eigenvalue weighted by molar-refractivity contribution is -0.0221. The summed E-state index contributed by atoms with van der Waals surface area (Å²) in [6.45, 7) is 19.5. The largest absolute Gasteiger partial charge is 0.493 e. The van der Waals surface area contributed by atoms with Crippen molar-refractivity contribution >= 4 is 0 Å². The second kappa shape index (κ2) is 11.7. The van der Waals surface area contributed by atoms with Crippen LogP contribution in [-0.4, -0.2) is 29.8 Å². The van der Waals surface area contributed by atoms with Gasteiger partial charge in [-0.05, 0) is 74.1 Å². The topological polar surface area (TPSA) is 21.7 Å². The third-order valence-electron chi connectivity index (χ3n) is 8.29. The Labute approximate surface area is 225 Å². The summed E-state index contributed by atoms with van der Waals surface area (Å²) in [6, 6.07) is 16.0. The Bertz CT molecular complexity index is 1160. The second-order valence-corrected chi connectivity index (χ2v) is 10.7. The van der Waals surface area contributed by atoms with Crippen LogP contribution in [0, 0.1) is 0 Å². The smallest absolute Gasteiger partial charge is 0.118 e. The quantitative estimate of drug-likeness (QED) is 0.337. The van der Waals surface area contributed by atoms with Gasteiger partial charge in [0.15, 0.2) is 0 Å². The Hall–Kier alpha value is -2.78. The molecule has 0 bridgehead atoms. The van der Waals surface area contributed by atoms with Crippen LogP contribution in [0.15, 0.2) is 78.7 Å². The van der Waals surface area contributed by atoms with Gasteiger partial charge in [0.05, 0.1) is 23.4 Å². The molecule has 0 amide bonds. The predicted molar refractivity (Wildman–Crippen MR) is 158 cm³/mol. The average Bonchev–Trinajstić information content (AvgIpc) is 3.15. The van der Waals surface area contributed by atoms with E-state index in [9.17, 15) is 0 Å². The fourth-order valence-corrected chi connectivity index (χ4v) is 5.69. The highest BCUT2D eigenvalue weighted by Crippen LogP contribution is 2.50. The van der Waals surface area contributed by atoms with Crippen molar-refractivity contribution in [1.29, 1.82) is 0 Å². The van der Waals surface area contributed by atoms with E-state index >= 15 is 0 Å². The van der Waals surface area contributed by atoms with E-state index < -0.39 is 0 Å². The molecule has 0 fully saturated rings. The highest BCUT2D eigenvalue weighted by molar-refractivity contribution is 5.81. The van der Waals surface area contributed by atoms with Crippen LogP contribution in [0.2, 0.25) is 0 Å². The summed E-state index contributed by atoms with van der Waals surface area (Å²) < 4.78 is 11.8. The molecule has 3 heteroatoms. The number of hydrogen-bond donors (Lipinski definition) is 0. The maximum absolute atomic E-state index is 6.45. The zero-order valence-corrected chi connectivity index (χ0v) is 24.6. The van der Waals surface area contributed by atoms with Crippen LogP contribution in [0.25, 0.3) is 11.1 Å². The maximum Gasteiger partial charge on any atom is 0.118 e. The minimum atomic E-state index is -0.200. The standard InChI is InChI=1S/C32H41NO2.C2H6/c1-9-32(7,24(4)35-23(3)20-22(2)34-8)33-19-13-12-16-30(33)25-17-18-27-26-14-10-11-15-28(26)31(5,6)29(27)21-25;1-2/h10-22,24,30H,9H2,1-8H3;1-2H3/b23-20-;. The summed E-state index contributed by atoms with van der Waals surface area (Å²) in [4.78, 5) is 2.49. The first-order valence-electron chi connectivity index (χ1n) is 13.9. The van der Waals surface area contributed by atoms with Crippen LogP contribution in [0.3, 0.4) is 0 Å². The highest BCUT2D eigenvalue weighted by atomic mass is 16.5. The molecule has 0 aromatic heterocycles. The summed E-state index contributed by atoms with van der Waals surface area (Å²) in [7, 11) is 1.72. The van der Waals surface area contributed by atoms with Gasteiger partial charge in [0, 0.05) is 18.7 Å². The summed E-state index contributed by atoms with van der Waals surface area (Å²) in [5, 5.41) is 0. The van der Waals surface area contributed by atoms with E-state index in [-0.39, 0.29) is 29.2 Å². The van der Waals surface area contributed by atoms with E-state index in [0.717, 1.165) is 12.2 Å². The van der Waals surface area contributed by atoms with E-state index in [2.05, 4.69) is 106 Å². The lowest BCUT2D eigenvalue weighted by Crippen LogP contribution is -2.53. The minimum absolute atomic E-state index is 0.00853. The van der Waals surface area contributed by atoms with Gasteiger partial charge in [0.25, 0.3) is 0 Å². The summed E-state index contributed by atoms with van der Waals surface area (Å²) in [5.74, 6) is 0.900. The molecular formula is C34H47NO2. The number of methoxy groups -OCH3 is 1. The van der Waals surface area contributed by atoms with Gasteiger partial charge in [-0.2, -0.15) is 0 Å². The van der Waals surface area contributed by atoms with Gasteiger partial charge in [-0.15, -0.1) is 0 Å². The van der Waals surface area contributed by atoms with E-state index in [1.165, 1.54) is 27.8 Å². The normalized spacial score (nSPS) is 20.8. The lowest BCUT2D eigenvalue weighted by Gasteiger charge is -2.48. The Balaban J connectivity index is 0.00000186. The SMILES string of the molecule is CC.CCC(C)(C(C)O/C(C)=C\C(C)OC)N1C=CC=CC1c1ccc2c(c1)C(C)(C)c1ccccc1-2. The highest BCUT2D eigenvalue weighted by Gasteiger charge is 2.41. The Kier molecular flexibility index (Phi) is 9.13. The molecule has 200 valence electrons. The molecule has 2 aromatic rings. The molecular weight excluding hydrogens is 454 g/mol. The van der Waals surface area contributed by atoms with Crippen molar-refractivity contribution in [2.45, 2.75) is 97.9 Å². The number of allylic oxidation sites excluding steroid dienone is 3. The molecule has 1 aliphatic heterocycles. The van der Waals surface area contributed by atoms with Gasteiger partial charge < -0.3 is 14.4 Å². The zero-order valence-electron chi connectivity index (χ0n) is 24.6. The molecule has 0 saturated carbocycles. The van der Waals surface area contributed by atoms with Gasteiger partial charge >= 0.3 is 0 Å². The monoisotopic (exact) mass is 501 g/mol. The summed E-state index contributed by atoms with van der Waals surface area (Å²) >= 11 is 0. The molecule has 4 atom stereocenters. The summed E-state index contributed by atoms with van der Waals surface area (Å²) in [6.07, 6.45) is 11.9. The second-order valence-electron chi connectivity index (χ2n) is 10.7. The van der Waals surface area contributed by atoms with Gasteiger partial charge in [0.1, 0.15) is 6.10 Å². The van der Waals surface area contributed by atoms with Crippen molar-refractivity contribution < 1.29 is 9.47 Å². The molecule has 2 aromatic carbocycles. The molecule has 2 aliphatic rings. The van der Waals surface area contributed by atoms with Crippen LogP contribution in [0.5, 0.6) is 0 Å². The van der Waals surface area contributed by atoms with Crippen LogP contribution >= 0.6 is 0 Å². The number of fused-ring (bicyclic) bond motifs is 3. The summed E-state index contributed by atoms with van der Waals surface area (Å²) in [5.41, 5.74) is 6.66. The zero-order chi connectivity index (χ0) is 27.4. The average molecular weight is 502 g/mol. The van der Waals surface area contributed by atoms with E-state index in [4.69, 9.17) is 9.47 Å². The number of hydrogen-bond acceptors (Lipinski definition) is 3. The van der Waals surface area contributed by atoms with Gasteiger partial charge in [0.2, 0.25) is 0 Å². The molecule has 1 aliphatic carbocycles. The van der Waals surface area contributed by atoms with E-state index in [1.54, 1.807) is 7.11 Å².